The van der Waals surface area contributed by atoms with Gasteiger partial charge in [-0.05, 0) is 41.1 Å². The molecule has 0 aliphatic carbocycles. The van der Waals surface area contributed by atoms with Crippen molar-refractivity contribution in [3.8, 4) is 0 Å². The topological polar surface area (TPSA) is 88.3 Å². The first-order valence-corrected chi connectivity index (χ1v) is 8.27. The molecule has 0 saturated heterocycles. The number of benzene rings is 1. The predicted molar refractivity (Wildman–Crippen MR) is 86.5 cm³/mol. The third-order valence-corrected chi connectivity index (χ3v) is 5.22. The summed E-state index contributed by atoms with van der Waals surface area (Å²) < 4.78 is 27.2. The van der Waals surface area contributed by atoms with E-state index < -0.39 is 10.0 Å². The Morgan fingerprint density at radius 1 is 1.29 bits per heavy atom. The SMILES string of the molecule is Cc1ccc(N(C)S(=O)(=O)c2cc(Br)cnc2NN)cc1. The summed E-state index contributed by atoms with van der Waals surface area (Å²) in [5.74, 6) is 5.44. The van der Waals surface area contributed by atoms with E-state index >= 15 is 0 Å². The van der Waals surface area contributed by atoms with Gasteiger partial charge in [-0.1, -0.05) is 17.7 Å². The Balaban J connectivity index is 2.51. The van der Waals surface area contributed by atoms with E-state index in [1.54, 1.807) is 12.1 Å². The standard InChI is InChI=1S/C13H15BrN4O2S/c1-9-3-5-11(6-4-9)18(2)21(19,20)12-7-10(14)8-16-13(12)17-15/h3-8H,15H2,1-2H3,(H,16,17). The van der Waals surface area contributed by atoms with E-state index in [0.29, 0.717) is 10.2 Å². The molecule has 0 fully saturated rings. The minimum absolute atomic E-state index is 0.00227. The summed E-state index contributed by atoms with van der Waals surface area (Å²) in [5.41, 5.74) is 3.92. The summed E-state index contributed by atoms with van der Waals surface area (Å²) >= 11 is 3.22. The van der Waals surface area contributed by atoms with Gasteiger partial charge in [0.05, 0.1) is 5.69 Å². The van der Waals surface area contributed by atoms with Gasteiger partial charge in [0.25, 0.3) is 10.0 Å². The van der Waals surface area contributed by atoms with Gasteiger partial charge >= 0.3 is 0 Å². The van der Waals surface area contributed by atoms with Gasteiger partial charge in [0, 0.05) is 17.7 Å². The molecule has 2 rings (SSSR count). The van der Waals surface area contributed by atoms with E-state index in [1.165, 1.54) is 23.6 Å². The van der Waals surface area contributed by atoms with Crippen molar-refractivity contribution in [2.24, 2.45) is 5.84 Å². The van der Waals surface area contributed by atoms with Gasteiger partial charge in [-0.15, -0.1) is 0 Å². The number of aryl methyl sites for hydroxylation is 1. The number of halogens is 1. The molecule has 0 bridgehead atoms. The number of anilines is 2. The van der Waals surface area contributed by atoms with Gasteiger partial charge in [-0.2, -0.15) is 0 Å². The van der Waals surface area contributed by atoms with Crippen molar-refractivity contribution in [3.05, 3.63) is 46.6 Å². The molecule has 0 radical (unpaired) electrons. The maximum atomic E-state index is 12.7. The number of nitrogens with zero attached hydrogens (tertiary/aromatic N) is 2. The average molecular weight is 371 g/mol. The number of hydrazine groups is 1. The molecule has 21 heavy (non-hydrogen) atoms. The number of aromatic nitrogens is 1. The largest absolute Gasteiger partial charge is 0.307 e. The van der Waals surface area contributed by atoms with E-state index in [-0.39, 0.29) is 10.7 Å². The molecule has 0 aliphatic heterocycles. The number of nitrogen functional groups attached to an aromatic ring is 1. The van der Waals surface area contributed by atoms with Crippen LogP contribution in [0.1, 0.15) is 5.56 Å². The molecular formula is C13H15BrN4O2S. The third-order valence-electron chi connectivity index (χ3n) is 2.99. The second kappa shape index (κ2) is 6.00. The lowest BCUT2D eigenvalue weighted by Gasteiger charge is -2.21. The highest BCUT2D eigenvalue weighted by Gasteiger charge is 2.25. The normalized spacial score (nSPS) is 11.2. The fraction of sp³-hybridized carbons (Fsp3) is 0.154. The van der Waals surface area contributed by atoms with Crippen LogP contribution in [-0.2, 0) is 10.0 Å². The van der Waals surface area contributed by atoms with Crippen molar-refractivity contribution in [2.75, 3.05) is 16.8 Å². The Bertz CT molecular complexity index is 747. The molecule has 0 aliphatic rings. The lowest BCUT2D eigenvalue weighted by molar-refractivity contribution is 0.594. The lowest BCUT2D eigenvalue weighted by Crippen LogP contribution is -2.28. The molecule has 0 saturated carbocycles. The Labute approximate surface area is 132 Å². The maximum Gasteiger partial charge on any atom is 0.267 e. The molecule has 2 aromatic rings. The quantitative estimate of drug-likeness (QED) is 0.636. The molecule has 1 aromatic heterocycles. The zero-order valence-corrected chi connectivity index (χ0v) is 13.9. The lowest BCUT2D eigenvalue weighted by atomic mass is 10.2. The van der Waals surface area contributed by atoms with Crippen molar-refractivity contribution < 1.29 is 8.42 Å². The first-order valence-electron chi connectivity index (χ1n) is 6.04. The third kappa shape index (κ3) is 3.17. The molecule has 3 N–H and O–H groups in total. The van der Waals surface area contributed by atoms with E-state index in [4.69, 9.17) is 5.84 Å². The van der Waals surface area contributed by atoms with Crippen molar-refractivity contribution in [1.29, 1.82) is 0 Å². The van der Waals surface area contributed by atoms with Crippen molar-refractivity contribution in [3.63, 3.8) is 0 Å². The fourth-order valence-electron chi connectivity index (χ4n) is 1.77. The first kappa shape index (κ1) is 15.7. The Morgan fingerprint density at radius 2 is 1.90 bits per heavy atom. The second-order valence-corrected chi connectivity index (χ2v) is 7.31. The highest BCUT2D eigenvalue weighted by atomic mass is 79.9. The summed E-state index contributed by atoms with van der Waals surface area (Å²) in [6.07, 6.45) is 1.47. The van der Waals surface area contributed by atoms with E-state index in [0.717, 1.165) is 5.56 Å². The monoisotopic (exact) mass is 370 g/mol. The Kier molecular flexibility index (Phi) is 4.50. The number of pyridine rings is 1. The van der Waals surface area contributed by atoms with Crippen molar-refractivity contribution >= 4 is 37.5 Å². The molecule has 8 heteroatoms. The zero-order chi connectivity index (χ0) is 15.6. The van der Waals surface area contributed by atoms with Gasteiger partial charge in [-0.3, -0.25) is 4.31 Å². The van der Waals surface area contributed by atoms with Crippen LogP contribution < -0.4 is 15.6 Å². The van der Waals surface area contributed by atoms with Crippen LogP contribution in [0.4, 0.5) is 11.5 Å². The van der Waals surface area contributed by atoms with Crippen LogP contribution >= 0.6 is 15.9 Å². The molecular weight excluding hydrogens is 356 g/mol. The number of rotatable bonds is 4. The van der Waals surface area contributed by atoms with Gasteiger partial charge in [0.2, 0.25) is 0 Å². The summed E-state index contributed by atoms with van der Waals surface area (Å²) in [6, 6.07) is 8.65. The minimum Gasteiger partial charge on any atom is -0.307 e. The number of nitrogens with two attached hydrogens (primary N) is 1. The molecule has 1 aromatic carbocycles. The second-order valence-electron chi connectivity index (χ2n) is 4.45. The highest BCUT2D eigenvalue weighted by Crippen LogP contribution is 2.28. The number of hydrogen-bond donors (Lipinski definition) is 2. The van der Waals surface area contributed by atoms with E-state index in [9.17, 15) is 8.42 Å². The van der Waals surface area contributed by atoms with Crippen LogP contribution in [-0.4, -0.2) is 20.4 Å². The number of hydrogen-bond acceptors (Lipinski definition) is 5. The maximum absolute atomic E-state index is 12.7. The van der Waals surface area contributed by atoms with Gasteiger partial charge in [-0.25, -0.2) is 19.2 Å². The zero-order valence-electron chi connectivity index (χ0n) is 11.5. The van der Waals surface area contributed by atoms with Gasteiger partial charge < -0.3 is 5.43 Å². The molecule has 0 spiro atoms. The van der Waals surface area contributed by atoms with E-state index in [2.05, 4.69) is 26.3 Å². The summed E-state index contributed by atoms with van der Waals surface area (Å²) in [7, 11) is -2.28. The smallest absolute Gasteiger partial charge is 0.267 e. The molecule has 0 atom stereocenters. The highest BCUT2D eigenvalue weighted by molar-refractivity contribution is 9.10. The van der Waals surface area contributed by atoms with Crippen molar-refractivity contribution in [2.45, 2.75) is 11.8 Å². The molecule has 6 nitrogen and oxygen atoms in total. The summed E-state index contributed by atoms with van der Waals surface area (Å²) in [4.78, 5) is 3.97. The fourth-order valence-corrected chi connectivity index (χ4v) is 3.58. The number of nitrogens with one attached hydrogen (secondary N) is 1. The average Bonchev–Trinajstić information content (AvgIpc) is 2.47. The van der Waals surface area contributed by atoms with Crippen molar-refractivity contribution in [1.82, 2.24) is 4.98 Å². The van der Waals surface area contributed by atoms with Crippen LogP contribution in [0, 0.1) is 6.92 Å². The number of sulfonamides is 1. The van der Waals surface area contributed by atoms with E-state index in [1.807, 2.05) is 19.1 Å². The van der Waals surface area contributed by atoms with Crippen LogP contribution in [0.5, 0.6) is 0 Å². The van der Waals surface area contributed by atoms with Gasteiger partial charge in [0.1, 0.15) is 4.90 Å². The van der Waals surface area contributed by atoms with Crippen LogP contribution in [0.3, 0.4) is 0 Å². The van der Waals surface area contributed by atoms with Crippen LogP contribution in [0.15, 0.2) is 45.9 Å². The molecule has 112 valence electrons. The van der Waals surface area contributed by atoms with Gasteiger partial charge in [0.15, 0.2) is 5.82 Å². The summed E-state index contributed by atoms with van der Waals surface area (Å²) in [6.45, 7) is 1.94. The summed E-state index contributed by atoms with van der Waals surface area (Å²) in [5, 5.41) is 0. The molecule has 1 heterocycles. The molecule has 0 unspecified atom stereocenters. The Hall–Kier alpha value is -1.64. The predicted octanol–water partition coefficient (Wildman–Crippen LogP) is 2.26. The first-order chi connectivity index (χ1) is 9.86. The minimum atomic E-state index is -3.77. The molecule has 0 amide bonds. The Morgan fingerprint density at radius 3 is 2.48 bits per heavy atom. The van der Waals surface area contributed by atoms with Crippen LogP contribution in [0.25, 0.3) is 0 Å². The van der Waals surface area contributed by atoms with Crippen LogP contribution in [0.2, 0.25) is 0 Å².